The van der Waals surface area contributed by atoms with Crippen LogP contribution in [0.25, 0.3) is 0 Å². The SMILES string of the molecule is CN=C(NCCNS(=O)(=O)c1cccc([N+](=O)[O-])c1)NCCc1cccs1. The first-order valence-corrected chi connectivity index (χ1v) is 10.5. The average Bonchev–Trinajstić information content (AvgIpc) is 3.17. The molecule has 0 fully saturated rings. The van der Waals surface area contributed by atoms with Crippen LogP contribution < -0.4 is 15.4 Å². The van der Waals surface area contributed by atoms with Crippen LogP contribution in [-0.2, 0) is 16.4 Å². The van der Waals surface area contributed by atoms with Gasteiger partial charge in [-0.15, -0.1) is 11.3 Å². The first-order chi connectivity index (χ1) is 12.9. The third kappa shape index (κ3) is 6.62. The van der Waals surface area contributed by atoms with Gasteiger partial charge in [-0.2, -0.15) is 0 Å². The fraction of sp³-hybridized carbons (Fsp3) is 0.312. The summed E-state index contributed by atoms with van der Waals surface area (Å²) >= 11 is 1.69. The van der Waals surface area contributed by atoms with Crippen molar-refractivity contribution in [2.45, 2.75) is 11.3 Å². The zero-order valence-electron chi connectivity index (χ0n) is 14.7. The summed E-state index contributed by atoms with van der Waals surface area (Å²) < 4.78 is 26.8. The maximum atomic E-state index is 12.2. The standard InChI is InChI=1S/C16H21N5O4S2/c1-17-16(18-8-7-14-5-3-11-26-14)19-9-10-20-27(24,25)15-6-2-4-13(12-15)21(22)23/h2-6,11-12,20H,7-10H2,1H3,(H2,17,18,19). The van der Waals surface area contributed by atoms with Crippen molar-refractivity contribution in [3.05, 3.63) is 56.8 Å². The largest absolute Gasteiger partial charge is 0.356 e. The van der Waals surface area contributed by atoms with Gasteiger partial charge in [0.15, 0.2) is 5.96 Å². The summed E-state index contributed by atoms with van der Waals surface area (Å²) in [6.45, 7) is 1.13. The number of non-ortho nitro benzene ring substituents is 1. The van der Waals surface area contributed by atoms with Crippen molar-refractivity contribution in [3.63, 3.8) is 0 Å². The van der Waals surface area contributed by atoms with Gasteiger partial charge in [0.2, 0.25) is 10.0 Å². The molecule has 0 bridgehead atoms. The minimum absolute atomic E-state index is 0.108. The molecule has 0 amide bonds. The van der Waals surface area contributed by atoms with Gasteiger partial charge < -0.3 is 10.6 Å². The van der Waals surface area contributed by atoms with Crippen molar-refractivity contribution in [2.24, 2.45) is 4.99 Å². The van der Waals surface area contributed by atoms with Crippen LogP contribution in [0, 0.1) is 10.1 Å². The number of benzene rings is 1. The van der Waals surface area contributed by atoms with Crippen molar-refractivity contribution in [2.75, 3.05) is 26.7 Å². The van der Waals surface area contributed by atoms with Crippen molar-refractivity contribution in [1.82, 2.24) is 15.4 Å². The molecule has 1 aromatic heterocycles. The Bertz CT molecular complexity index is 882. The van der Waals surface area contributed by atoms with Crippen LogP contribution in [0.1, 0.15) is 4.88 Å². The molecule has 2 aromatic rings. The molecular formula is C16H21N5O4S2. The molecule has 0 saturated heterocycles. The Morgan fingerprint density at radius 2 is 1.96 bits per heavy atom. The zero-order valence-corrected chi connectivity index (χ0v) is 16.3. The lowest BCUT2D eigenvalue weighted by molar-refractivity contribution is -0.385. The highest BCUT2D eigenvalue weighted by Gasteiger charge is 2.16. The quantitative estimate of drug-likeness (QED) is 0.188. The molecule has 3 N–H and O–H groups in total. The van der Waals surface area contributed by atoms with Crippen LogP contribution in [0.15, 0.2) is 51.7 Å². The molecule has 1 heterocycles. The van der Waals surface area contributed by atoms with Crippen LogP contribution in [0.4, 0.5) is 5.69 Å². The normalized spacial score (nSPS) is 12.0. The minimum Gasteiger partial charge on any atom is -0.356 e. The van der Waals surface area contributed by atoms with E-state index in [0.717, 1.165) is 12.5 Å². The third-order valence-electron chi connectivity index (χ3n) is 3.52. The molecule has 146 valence electrons. The van der Waals surface area contributed by atoms with Crippen molar-refractivity contribution >= 4 is 33.0 Å². The number of nitro groups is 1. The van der Waals surface area contributed by atoms with Gasteiger partial charge in [-0.25, -0.2) is 13.1 Å². The van der Waals surface area contributed by atoms with E-state index >= 15 is 0 Å². The lowest BCUT2D eigenvalue weighted by Gasteiger charge is -2.12. The summed E-state index contributed by atoms with van der Waals surface area (Å²) in [5.41, 5.74) is -0.272. The molecule has 0 saturated carbocycles. The zero-order chi connectivity index (χ0) is 19.7. The summed E-state index contributed by atoms with van der Waals surface area (Å²) in [5.74, 6) is 0.570. The molecule has 2 rings (SSSR count). The highest BCUT2D eigenvalue weighted by atomic mass is 32.2. The second-order valence-electron chi connectivity index (χ2n) is 5.41. The van der Waals surface area contributed by atoms with Gasteiger partial charge in [-0.05, 0) is 23.9 Å². The number of guanidine groups is 1. The fourth-order valence-corrected chi connectivity index (χ4v) is 3.97. The summed E-state index contributed by atoms with van der Waals surface area (Å²) in [6, 6.07) is 8.98. The maximum absolute atomic E-state index is 12.2. The number of nitro benzene ring substituents is 1. The van der Waals surface area contributed by atoms with E-state index in [1.54, 1.807) is 18.4 Å². The molecular weight excluding hydrogens is 390 g/mol. The Balaban J connectivity index is 1.77. The summed E-state index contributed by atoms with van der Waals surface area (Å²) in [5, 5.41) is 19.0. The number of hydrogen-bond donors (Lipinski definition) is 3. The van der Waals surface area contributed by atoms with Gasteiger partial charge in [0.25, 0.3) is 5.69 Å². The van der Waals surface area contributed by atoms with E-state index in [0.29, 0.717) is 19.0 Å². The predicted octanol–water partition coefficient (Wildman–Crippen LogP) is 1.34. The van der Waals surface area contributed by atoms with Gasteiger partial charge in [0, 0.05) is 43.7 Å². The first-order valence-electron chi connectivity index (χ1n) is 8.13. The number of nitrogens with one attached hydrogen (secondary N) is 3. The van der Waals surface area contributed by atoms with Crippen molar-refractivity contribution < 1.29 is 13.3 Å². The second-order valence-corrected chi connectivity index (χ2v) is 8.21. The van der Waals surface area contributed by atoms with Crippen LogP contribution >= 0.6 is 11.3 Å². The summed E-state index contributed by atoms with van der Waals surface area (Å²) in [6.07, 6.45) is 0.873. The van der Waals surface area contributed by atoms with Crippen LogP contribution in [-0.4, -0.2) is 46.0 Å². The van der Waals surface area contributed by atoms with E-state index in [1.807, 2.05) is 11.4 Å². The Hall–Kier alpha value is -2.50. The highest BCUT2D eigenvalue weighted by Crippen LogP contribution is 2.16. The molecule has 27 heavy (non-hydrogen) atoms. The molecule has 11 heteroatoms. The average molecular weight is 412 g/mol. The molecule has 0 aliphatic heterocycles. The number of aliphatic imine (C=N–C) groups is 1. The Morgan fingerprint density at radius 1 is 1.19 bits per heavy atom. The van der Waals surface area contributed by atoms with Gasteiger partial charge in [-0.3, -0.25) is 15.1 Å². The number of nitrogens with zero attached hydrogens (tertiary/aromatic N) is 2. The summed E-state index contributed by atoms with van der Waals surface area (Å²) in [7, 11) is -2.19. The molecule has 0 aliphatic carbocycles. The van der Waals surface area contributed by atoms with Gasteiger partial charge >= 0.3 is 0 Å². The van der Waals surface area contributed by atoms with Crippen molar-refractivity contribution in [3.8, 4) is 0 Å². The van der Waals surface area contributed by atoms with E-state index < -0.39 is 14.9 Å². The number of rotatable bonds is 9. The molecule has 0 atom stereocenters. The minimum atomic E-state index is -3.82. The summed E-state index contributed by atoms with van der Waals surface area (Å²) in [4.78, 5) is 15.3. The molecule has 0 aliphatic rings. The van der Waals surface area contributed by atoms with E-state index in [2.05, 4.69) is 26.4 Å². The smallest absolute Gasteiger partial charge is 0.270 e. The monoisotopic (exact) mass is 411 g/mol. The Labute approximate surface area is 161 Å². The molecule has 0 unspecified atom stereocenters. The fourth-order valence-electron chi connectivity index (χ4n) is 2.19. The second kappa shape index (κ2) is 10.00. The van der Waals surface area contributed by atoms with E-state index in [9.17, 15) is 18.5 Å². The number of hydrogen-bond acceptors (Lipinski definition) is 6. The number of thiophene rings is 1. The van der Waals surface area contributed by atoms with Crippen LogP contribution in [0.3, 0.4) is 0 Å². The Morgan fingerprint density at radius 3 is 2.63 bits per heavy atom. The van der Waals surface area contributed by atoms with Gasteiger partial charge in [0.1, 0.15) is 0 Å². The molecule has 0 radical (unpaired) electrons. The van der Waals surface area contributed by atoms with Gasteiger partial charge in [0.05, 0.1) is 9.82 Å². The predicted molar refractivity (Wildman–Crippen MR) is 106 cm³/mol. The molecule has 0 spiro atoms. The van der Waals surface area contributed by atoms with Crippen LogP contribution in [0.2, 0.25) is 0 Å². The Kier molecular flexibility index (Phi) is 7.70. The van der Waals surface area contributed by atoms with E-state index in [1.165, 1.54) is 23.1 Å². The van der Waals surface area contributed by atoms with Crippen LogP contribution in [0.5, 0.6) is 0 Å². The van der Waals surface area contributed by atoms with E-state index in [-0.39, 0.29) is 17.1 Å². The van der Waals surface area contributed by atoms with Crippen molar-refractivity contribution in [1.29, 1.82) is 0 Å². The first kappa shape index (κ1) is 20.8. The highest BCUT2D eigenvalue weighted by molar-refractivity contribution is 7.89. The number of sulfonamides is 1. The lowest BCUT2D eigenvalue weighted by atomic mass is 10.3. The lowest BCUT2D eigenvalue weighted by Crippen LogP contribution is -2.42. The molecule has 9 nitrogen and oxygen atoms in total. The topological polar surface area (TPSA) is 126 Å². The third-order valence-corrected chi connectivity index (χ3v) is 5.91. The maximum Gasteiger partial charge on any atom is 0.270 e. The van der Waals surface area contributed by atoms with E-state index in [4.69, 9.17) is 0 Å². The van der Waals surface area contributed by atoms with Gasteiger partial charge in [-0.1, -0.05) is 12.1 Å². The molecule has 1 aromatic carbocycles.